The lowest BCUT2D eigenvalue weighted by Crippen LogP contribution is -2.55. The lowest BCUT2D eigenvalue weighted by Gasteiger charge is -2.40. The Hall–Kier alpha value is -5.03. The number of hydrogen-bond acceptors (Lipinski definition) is 13. The number of aliphatic hydroxyl groups excluding tert-OH is 2. The number of benzene rings is 2. The number of anilines is 1. The van der Waals surface area contributed by atoms with E-state index in [-0.39, 0.29) is 38.6 Å². The highest BCUT2D eigenvalue weighted by Gasteiger charge is 2.48. The number of amides is 2. The van der Waals surface area contributed by atoms with E-state index in [0.717, 1.165) is 12.1 Å². The van der Waals surface area contributed by atoms with Gasteiger partial charge in [0, 0.05) is 30.4 Å². The van der Waals surface area contributed by atoms with Gasteiger partial charge in [0.25, 0.3) is 0 Å². The zero-order chi connectivity index (χ0) is 32.1. The number of aliphatic hydroxyl groups is 3. The predicted octanol–water partition coefficient (Wildman–Crippen LogP) is 0.318. The van der Waals surface area contributed by atoms with E-state index in [4.69, 9.17) is 9.84 Å². The van der Waals surface area contributed by atoms with Crippen molar-refractivity contribution < 1.29 is 43.2 Å². The lowest BCUT2D eigenvalue weighted by molar-refractivity contribution is -0.0607. The molecule has 0 spiro atoms. The fourth-order valence-electron chi connectivity index (χ4n) is 4.97. The van der Waals surface area contributed by atoms with Crippen LogP contribution in [0.1, 0.15) is 12.5 Å². The van der Waals surface area contributed by atoms with Gasteiger partial charge in [0.1, 0.15) is 41.4 Å². The summed E-state index contributed by atoms with van der Waals surface area (Å²) in [5, 5.41) is 46.6. The maximum absolute atomic E-state index is 15.2. The summed E-state index contributed by atoms with van der Waals surface area (Å²) in [5.74, 6) is -1.85. The van der Waals surface area contributed by atoms with Crippen LogP contribution in [0.2, 0.25) is 0 Å². The van der Waals surface area contributed by atoms with Crippen LogP contribution in [-0.2, 0) is 15.1 Å². The van der Waals surface area contributed by atoms with Crippen molar-refractivity contribution in [1.29, 1.82) is 0 Å². The standard InChI is InChI=1S/C27H30F2N9O7/c1-18(36-8-9-37(25(36)41)20-3-5-21(6-4-20)38-14-30-32-33-38)27(43,23-7-2-19(28)10-24(23)29)13-35-16-34(15-31-35)17-45-26(42)44-12-22(40)11-39/h2-7,10,14,18,22,39-40,43H,8-9,11-13,16-17H2,1H3/q+1/t18-,22-,27+/m1/s1. The smallest absolute Gasteiger partial charge is 0.431 e. The third-order valence-corrected chi connectivity index (χ3v) is 7.40. The molecule has 3 N–H and O–H groups in total. The maximum Gasteiger partial charge on any atom is 0.547 e. The summed E-state index contributed by atoms with van der Waals surface area (Å²) >= 11 is 0. The van der Waals surface area contributed by atoms with Crippen molar-refractivity contribution in [3.63, 3.8) is 0 Å². The summed E-state index contributed by atoms with van der Waals surface area (Å²) in [5.41, 5.74) is -1.07. The molecule has 0 unspecified atom stereocenters. The van der Waals surface area contributed by atoms with Crippen LogP contribution in [0.5, 0.6) is 0 Å². The Bertz CT molecular complexity index is 1510. The molecule has 3 aromatic rings. The molecule has 3 atom stereocenters. The lowest BCUT2D eigenvalue weighted by atomic mass is 9.85. The van der Waals surface area contributed by atoms with Crippen molar-refractivity contribution in [2.45, 2.75) is 24.7 Å². The third kappa shape index (κ3) is 6.88. The van der Waals surface area contributed by atoms with Gasteiger partial charge in [0.2, 0.25) is 6.73 Å². The minimum Gasteiger partial charge on any atom is -0.431 e. The summed E-state index contributed by atoms with van der Waals surface area (Å²) in [7, 11) is 0. The van der Waals surface area contributed by atoms with Gasteiger partial charge in [0.15, 0.2) is 6.67 Å². The van der Waals surface area contributed by atoms with Crippen LogP contribution in [0.15, 0.2) is 53.9 Å². The number of urea groups is 1. The van der Waals surface area contributed by atoms with Crippen molar-refractivity contribution in [3.8, 4) is 5.69 Å². The van der Waals surface area contributed by atoms with Gasteiger partial charge >= 0.3 is 18.5 Å². The molecule has 2 amide bonds. The number of aromatic nitrogens is 4. The number of carbonyl (C=O) groups excluding carboxylic acids is 2. The first-order chi connectivity index (χ1) is 21.6. The van der Waals surface area contributed by atoms with Crippen molar-refractivity contribution in [1.82, 2.24) is 35.0 Å². The minimum atomic E-state index is -2.09. The van der Waals surface area contributed by atoms with Gasteiger partial charge in [-0.15, -0.1) is 5.10 Å². The van der Waals surface area contributed by atoms with Gasteiger partial charge in [-0.1, -0.05) is 11.0 Å². The van der Waals surface area contributed by atoms with E-state index in [2.05, 4.69) is 31.7 Å². The van der Waals surface area contributed by atoms with Crippen LogP contribution in [-0.4, -0.2) is 127 Å². The molecule has 2 aliphatic heterocycles. The average molecular weight is 631 g/mol. The highest BCUT2D eigenvalue weighted by Crippen LogP contribution is 2.35. The summed E-state index contributed by atoms with van der Waals surface area (Å²) in [4.78, 5) is 29.6. The van der Waals surface area contributed by atoms with Gasteiger partial charge < -0.3 is 29.7 Å². The normalized spacial score (nSPS) is 17.3. The highest BCUT2D eigenvalue weighted by molar-refractivity contribution is 5.94. The Morgan fingerprint density at radius 3 is 2.58 bits per heavy atom. The zero-order valence-corrected chi connectivity index (χ0v) is 24.0. The fourth-order valence-corrected chi connectivity index (χ4v) is 4.97. The molecule has 1 saturated heterocycles. The minimum absolute atomic E-state index is 0.0574. The number of halogens is 2. The molecule has 0 bridgehead atoms. The van der Waals surface area contributed by atoms with Crippen LogP contribution < -0.4 is 4.90 Å². The van der Waals surface area contributed by atoms with Crippen LogP contribution in [0.4, 0.5) is 24.1 Å². The average Bonchev–Trinajstić information content (AvgIpc) is 3.80. The van der Waals surface area contributed by atoms with Gasteiger partial charge in [-0.25, -0.2) is 28.1 Å². The summed E-state index contributed by atoms with van der Waals surface area (Å²) in [6, 6.07) is 8.26. The van der Waals surface area contributed by atoms with Crippen molar-refractivity contribution in [2.75, 3.05) is 51.1 Å². The number of hydrazone groups is 1. The van der Waals surface area contributed by atoms with Gasteiger partial charge in [-0.2, -0.15) is 0 Å². The van der Waals surface area contributed by atoms with E-state index >= 15 is 4.39 Å². The molecule has 238 valence electrons. The molecule has 45 heavy (non-hydrogen) atoms. The second kappa shape index (κ2) is 13.3. The SMILES string of the molecule is C[C@@H](N1CCN(c2ccc(-n3cnnn3)cc2)C1=O)[C@@](O)(CN1CN(COC(=O)OC[C@H](O)CO)[C+]=N1)c1ccc(F)cc1F. The van der Waals surface area contributed by atoms with E-state index in [1.54, 1.807) is 31.2 Å². The zero-order valence-electron chi connectivity index (χ0n) is 24.0. The number of rotatable bonds is 12. The number of ether oxygens (including phenoxy) is 2. The molecule has 0 saturated carbocycles. The van der Waals surface area contributed by atoms with E-state index < -0.39 is 54.8 Å². The molecule has 1 fully saturated rings. The number of tetrazole rings is 1. The van der Waals surface area contributed by atoms with Crippen molar-refractivity contribution >= 4 is 24.2 Å². The van der Waals surface area contributed by atoms with Gasteiger partial charge in [0.05, 0.1) is 24.9 Å². The highest BCUT2D eigenvalue weighted by atomic mass is 19.1. The van der Waals surface area contributed by atoms with Crippen LogP contribution in [0.25, 0.3) is 5.69 Å². The van der Waals surface area contributed by atoms with Crippen LogP contribution in [0.3, 0.4) is 0 Å². The molecule has 2 aliphatic rings. The number of hydrogen-bond donors (Lipinski definition) is 3. The Morgan fingerprint density at radius 2 is 1.89 bits per heavy atom. The van der Waals surface area contributed by atoms with E-state index in [1.807, 2.05) is 0 Å². The van der Waals surface area contributed by atoms with Crippen LogP contribution in [0, 0.1) is 11.6 Å². The molecule has 5 rings (SSSR count). The number of β-amino-alcohol motifs (C(OH)–C–C–N with tert-alkyl or cyclic N) is 1. The Balaban J connectivity index is 1.29. The van der Waals surface area contributed by atoms with E-state index in [0.29, 0.717) is 17.4 Å². The molecule has 3 heterocycles. The molecule has 2 aromatic carbocycles. The molecular formula is C27H30F2N9O7+. The summed E-state index contributed by atoms with van der Waals surface area (Å²) in [6.07, 6.45) is 1.67. The molecule has 16 nitrogen and oxygen atoms in total. The van der Waals surface area contributed by atoms with Crippen molar-refractivity contribution in [3.05, 3.63) is 66.0 Å². The molecule has 18 heteroatoms. The topological polar surface area (TPSA) is 182 Å². The Labute approximate surface area is 255 Å². The molecule has 1 aromatic heterocycles. The number of carbonyl (C=O) groups is 2. The van der Waals surface area contributed by atoms with Gasteiger partial charge in [-0.05, 0) is 47.7 Å². The van der Waals surface area contributed by atoms with E-state index in [1.165, 1.54) is 30.7 Å². The monoisotopic (exact) mass is 630 g/mol. The molecule has 0 aliphatic carbocycles. The number of nitrogens with zero attached hydrogens (tertiary/aromatic N) is 9. The van der Waals surface area contributed by atoms with Crippen LogP contribution >= 0.6 is 0 Å². The Kier molecular flexibility index (Phi) is 9.29. The first-order valence-corrected chi connectivity index (χ1v) is 13.7. The molecule has 0 radical (unpaired) electrons. The quantitative estimate of drug-likeness (QED) is 0.184. The second-order valence-electron chi connectivity index (χ2n) is 10.3. The van der Waals surface area contributed by atoms with E-state index in [9.17, 15) is 24.2 Å². The predicted molar refractivity (Wildman–Crippen MR) is 150 cm³/mol. The first kappa shape index (κ1) is 31.4. The largest absolute Gasteiger partial charge is 0.547 e. The maximum atomic E-state index is 15.2. The third-order valence-electron chi connectivity index (χ3n) is 7.40. The molecular weight excluding hydrogens is 600 g/mol. The van der Waals surface area contributed by atoms with Crippen molar-refractivity contribution in [2.24, 2.45) is 5.10 Å². The second-order valence-corrected chi connectivity index (χ2v) is 10.3. The first-order valence-electron chi connectivity index (χ1n) is 13.7. The van der Waals surface area contributed by atoms with Gasteiger partial charge in [-0.3, -0.25) is 4.90 Å². The Morgan fingerprint density at radius 1 is 1.13 bits per heavy atom. The fraction of sp³-hybridized carbons (Fsp3) is 0.407. The summed E-state index contributed by atoms with van der Waals surface area (Å²) < 4.78 is 40.1. The summed E-state index contributed by atoms with van der Waals surface area (Å²) in [6.45, 7) is 0.207.